The van der Waals surface area contributed by atoms with Gasteiger partial charge in [-0.2, -0.15) is 11.8 Å². The van der Waals surface area contributed by atoms with Gasteiger partial charge in [-0.3, -0.25) is 4.79 Å². The van der Waals surface area contributed by atoms with Gasteiger partial charge in [-0.25, -0.2) is 0 Å². The van der Waals surface area contributed by atoms with Crippen LogP contribution in [0.2, 0.25) is 0 Å². The van der Waals surface area contributed by atoms with Crippen LogP contribution in [0.5, 0.6) is 0 Å². The number of thioether (sulfide) groups is 1. The number of carbonyl (C=O) groups excluding carboxylic acids is 1. The van der Waals surface area contributed by atoms with Crippen LogP contribution in [0, 0.1) is 5.92 Å². The Morgan fingerprint density at radius 2 is 2.13 bits per heavy atom. The average Bonchev–Trinajstić information content (AvgIpc) is 3.21. The van der Waals surface area contributed by atoms with E-state index in [-0.39, 0.29) is 5.91 Å². The fourth-order valence-electron chi connectivity index (χ4n) is 3.62. The van der Waals surface area contributed by atoms with E-state index in [0.29, 0.717) is 5.92 Å². The van der Waals surface area contributed by atoms with Crippen LogP contribution in [0.4, 0.5) is 0 Å². The average molecular weight is 347 g/mol. The van der Waals surface area contributed by atoms with Crippen LogP contribution in [-0.4, -0.2) is 34.2 Å². The molecule has 0 bridgehead atoms. The first kappa shape index (κ1) is 15.3. The van der Waals surface area contributed by atoms with Crippen LogP contribution in [0.1, 0.15) is 40.6 Å². The van der Waals surface area contributed by atoms with Crippen LogP contribution in [0.25, 0.3) is 5.00 Å². The first-order valence-corrected chi connectivity index (χ1v) is 10.4. The van der Waals surface area contributed by atoms with Crippen molar-refractivity contribution in [1.82, 2.24) is 9.47 Å². The van der Waals surface area contributed by atoms with E-state index in [1.165, 1.54) is 16.9 Å². The minimum Gasteiger partial charge on any atom is -0.338 e. The summed E-state index contributed by atoms with van der Waals surface area (Å²) in [6.07, 6.45) is 7.52. The molecular weight excluding hydrogens is 324 g/mol. The van der Waals surface area contributed by atoms with E-state index in [9.17, 15) is 4.79 Å². The maximum Gasteiger partial charge on any atom is 0.257 e. The van der Waals surface area contributed by atoms with E-state index >= 15 is 0 Å². The molecule has 0 saturated carbocycles. The summed E-state index contributed by atoms with van der Waals surface area (Å²) in [5.74, 6) is 3.06. The molecule has 0 aliphatic carbocycles. The molecule has 0 aromatic carbocycles. The molecule has 2 aliphatic heterocycles. The summed E-state index contributed by atoms with van der Waals surface area (Å²) >= 11 is 3.79. The van der Waals surface area contributed by atoms with Crippen molar-refractivity contribution in [3.8, 4) is 5.00 Å². The normalized spacial score (nSPS) is 21.3. The number of hydrogen-bond acceptors (Lipinski definition) is 3. The van der Waals surface area contributed by atoms with E-state index in [2.05, 4.69) is 28.8 Å². The minimum absolute atomic E-state index is 0.254. The van der Waals surface area contributed by atoms with Crippen LogP contribution in [0.3, 0.4) is 0 Å². The fraction of sp³-hybridized carbons (Fsp3) is 0.500. The van der Waals surface area contributed by atoms with Crippen molar-refractivity contribution in [2.24, 2.45) is 5.92 Å². The lowest BCUT2D eigenvalue weighted by molar-refractivity contribution is 0.0682. The fourth-order valence-corrected chi connectivity index (χ4v) is 6.06. The number of aromatic nitrogens is 1. The third-order valence-electron chi connectivity index (χ3n) is 4.80. The summed E-state index contributed by atoms with van der Waals surface area (Å²) < 4.78 is 2.12. The molecule has 23 heavy (non-hydrogen) atoms. The van der Waals surface area contributed by atoms with Gasteiger partial charge in [0.1, 0.15) is 5.00 Å². The zero-order valence-corrected chi connectivity index (χ0v) is 15.1. The van der Waals surface area contributed by atoms with E-state index < -0.39 is 0 Å². The number of hydrogen-bond donors (Lipinski definition) is 0. The SMILES string of the molecule is CC1CCCN(C(=O)c2c(-n3cccc3)sc3c2CCSC3)C1. The van der Waals surface area contributed by atoms with Gasteiger partial charge in [0, 0.05) is 36.1 Å². The Bertz CT molecular complexity index is 705. The highest BCUT2D eigenvalue weighted by molar-refractivity contribution is 7.98. The second-order valence-electron chi connectivity index (χ2n) is 6.58. The quantitative estimate of drug-likeness (QED) is 0.814. The first-order valence-electron chi connectivity index (χ1n) is 8.39. The number of fused-ring (bicyclic) bond motifs is 1. The third kappa shape index (κ3) is 2.85. The molecular formula is C18H22N2OS2. The molecule has 1 fully saturated rings. The molecule has 0 spiro atoms. The number of rotatable bonds is 2. The molecule has 122 valence electrons. The molecule has 0 N–H and O–H groups in total. The molecule has 2 aromatic rings. The predicted molar refractivity (Wildman–Crippen MR) is 97.8 cm³/mol. The number of nitrogens with zero attached hydrogens (tertiary/aromatic N) is 2. The Hall–Kier alpha value is -1.20. The number of carbonyl (C=O) groups is 1. The summed E-state index contributed by atoms with van der Waals surface area (Å²) in [4.78, 5) is 16.8. The molecule has 5 heteroatoms. The maximum absolute atomic E-state index is 13.3. The molecule has 4 heterocycles. The topological polar surface area (TPSA) is 25.2 Å². The Balaban J connectivity index is 1.76. The molecule has 3 nitrogen and oxygen atoms in total. The van der Waals surface area contributed by atoms with E-state index in [1.807, 2.05) is 35.2 Å². The second kappa shape index (κ2) is 6.36. The lowest BCUT2D eigenvalue weighted by atomic mass is 9.98. The Kier molecular flexibility index (Phi) is 4.24. The number of amides is 1. The van der Waals surface area contributed by atoms with Crippen molar-refractivity contribution in [2.45, 2.75) is 31.9 Å². The molecule has 1 unspecified atom stereocenters. The number of piperidine rings is 1. The van der Waals surface area contributed by atoms with Gasteiger partial charge in [0.05, 0.1) is 5.56 Å². The zero-order valence-electron chi connectivity index (χ0n) is 13.5. The standard InChI is InChI=1S/C18H22N2OS2/c1-13-5-4-9-20(11-13)17(21)16-14-6-10-22-12-15(14)23-18(16)19-7-2-3-8-19/h2-3,7-8,13H,4-6,9-12H2,1H3. The van der Waals surface area contributed by atoms with Crippen molar-refractivity contribution in [1.29, 1.82) is 0 Å². The molecule has 4 rings (SSSR count). The van der Waals surface area contributed by atoms with Gasteiger partial charge in [0.25, 0.3) is 5.91 Å². The van der Waals surface area contributed by atoms with Crippen molar-refractivity contribution in [2.75, 3.05) is 18.8 Å². The Morgan fingerprint density at radius 3 is 2.91 bits per heavy atom. The van der Waals surface area contributed by atoms with Crippen molar-refractivity contribution >= 4 is 29.0 Å². The lowest BCUT2D eigenvalue weighted by Crippen LogP contribution is -2.39. The molecule has 1 amide bonds. The van der Waals surface area contributed by atoms with Crippen molar-refractivity contribution in [3.63, 3.8) is 0 Å². The summed E-state index contributed by atoms with van der Waals surface area (Å²) in [6, 6.07) is 4.06. The van der Waals surface area contributed by atoms with Gasteiger partial charge < -0.3 is 9.47 Å². The second-order valence-corrected chi connectivity index (χ2v) is 8.76. The largest absolute Gasteiger partial charge is 0.338 e. The molecule has 0 radical (unpaired) electrons. The van der Waals surface area contributed by atoms with Crippen LogP contribution >= 0.6 is 23.1 Å². The van der Waals surface area contributed by atoms with E-state index in [4.69, 9.17) is 0 Å². The van der Waals surface area contributed by atoms with E-state index in [0.717, 1.165) is 48.0 Å². The highest BCUT2D eigenvalue weighted by atomic mass is 32.2. The summed E-state index contributed by atoms with van der Waals surface area (Å²) in [5.41, 5.74) is 2.30. The molecule has 1 saturated heterocycles. The van der Waals surface area contributed by atoms with Gasteiger partial charge in [-0.1, -0.05) is 6.92 Å². The summed E-state index contributed by atoms with van der Waals surface area (Å²) in [7, 11) is 0. The predicted octanol–water partition coefficient (Wildman–Crippen LogP) is 4.20. The minimum atomic E-state index is 0.254. The van der Waals surface area contributed by atoms with Gasteiger partial charge in [-0.05, 0) is 48.6 Å². The highest BCUT2D eigenvalue weighted by Gasteiger charge is 2.30. The smallest absolute Gasteiger partial charge is 0.257 e. The van der Waals surface area contributed by atoms with Crippen molar-refractivity contribution in [3.05, 3.63) is 40.5 Å². The highest BCUT2D eigenvalue weighted by Crippen LogP contribution is 2.39. The van der Waals surface area contributed by atoms with Crippen LogP contribution < -0.4 is 0 Å². The zero-order chi connectivity index (χ0) is 15.8. The van der Waals surface area contributed by atoms with Crippen molar-refractivity contribution < 1.29 is 4.79 Å². The number of likely N-dealkylation sites (tertiary alicyclic amines) is 1. The van der Waals surface area contributed by atoms with Gasteiger partial charge in [0.15, 0.2) is 0 Å². The van der Waals surface area contributed by atoms with Crippen LogP contribution in [-0.2, 0) is 12.2 Å². The van der Waals surface area contributed by atoms with Gasteiger partial charge in [-0.15, -0.1) is 11.3 Å². The third-order valence-corrected chi connectivity index (χ3v) is 7.21. The maximum atomic E-state index is 13.3. The van der Waals surface area contributed by atoms with Gasteiger partial charge in [0.2, 0.25) is 0 Å². The summed E-state index contributed by atoms with van der Waals surface area (Å²) in [6.45, 7) is 4.07. The van der Waals surface area contributed by atoms with E-state index in [1.54, 1.807) is 0 Å². The van der Waals surface area contributed by atoms with Gasteiger partial charge >= 0.3 is 0 Å². The first-order chi connectivity index (χ1) is 11.2. The number of thiophene rings is 1. The lowest BCUT2D eigenvalue weighted by Gasteiger charge is -2.31. The Morgan fingerprint density at radius 1 is 1.30 bits per heavy atom. The molecule has 2 aromatic heterocycles. The summed E-state index contributed by atoms with van der Waals surface area (Å²) in [5, 5.41) is 1.12. The molecule has 2 aliphatic rings. The molecule has 1 atom stereocenters. The Labute approximate surface area is 145 Å². The monoisotopic (exact) mass is 346 g/mol. The van der Waals surface area contributed by atoms with Crippen LogP contribution in [0.15, 0.2) is 24.5 Å².